The van der Waals surface area contributed by atoms with E-state index in [-0.39, 0.29) is 5.41 Å². The monoisotopic (exact) mass is 677 g/mol. The zero-order valence-electron chi connectivity index (χ0n) is 29.6. The highest BCUT2D eigenvalue weighted by Gasteiger charge is 2.35. The van der Waals surface area contributed by atoms with Crippen LogP contribution in [0.1, 0.15) is 25.0 Å². The van der Waals surface area contributed by atoms with Crippen LogP contribution in [0.15, 0.2) is 176 Å². The topological polar surface area (TPSA) is 38.7 Å². The Morgan fingerprint density at radius 2 is 0.981 bits per heavy atom. The van der Waals surface area contributed by atoms with E-state index in [2.05, 4.69) is 166 Å². The lowest BCUT2D eigenvalue weighted by molar-refractivity contribution is 0.660. The summed E-state index contributed by atoms with van der Waals surface area (Å²) >= 11 is 0. The number of pyridine rings is 1. The largest absolute Gasteiger partial charge is 0.248 e. The van der Waals surface area contributed by atoms with Gasteiger partial charge in [-0.05, 0) is 75.2 Å². The maximum atomic E-state index is 5.22. The van der Waals surface area contributed by atoms with Crippen molar-refractivity contribution in [3.8, 4) is 67.4 Å². The third-order valence-corrected chi connectivity index (χ3v) is 10.9. The average Bonchev–Trinajstić information content (AvgIpc) is 3.46. The fourth-order valence-corrected chi connectivity index (χ4v) is 8.10. The van der Waals surface area contributed by atoms with Gasteiger partial charge in [-0.2, -0.15) is 0 Å². The van der Waals surface area contributed by atoms with E-state index in [0.29, 0.717) is 0 Å². The first-order valence-corrected chi connectivity index (χ1v) is 18.2. The van der Waals surface area contributed by atoms with E-state index in [1.165, 1.54) is 22.3 Å². The Balaban J connectivity index is 1.06. The molecule has 2 heterocycles. The average molecular weight is 678 g/mol. The smallest absolute Gasteiger partial charge is 0.160 e. The predicted molar refractivity (Wildman–Crippen MR) is 220 cm³/mol. The lowest BCUT2D eigenvalue weighted by Gasteiger charge is -2.21. The van der Waals surface area contributed by atoms with Gasteiger partial charge in [-0.25, -0.2) is 15.0 Å². The van der Waals surface area contributed by atoms with Crippen LogP contribution >= 0.6 is 0 Å². The number of nitrogens with zero attached hydrogens (tertiary/aromatic N) is 3. The van der Waals surface area contributed by atoms with Gasteiger partial charge in [-0.3, -0.25) is 0 Å². The quantitative estimate of drug-likeness (QED) is 0.170. The molecule has 0 bridgehead atoms. The fourth-order valence-electron chi connectivity index (χ4n) is 8.10. The van der Waals surface area contributed by atoms with Gasteiger partial charge in [0.1, 0.15) is 0 Å². The van der Waals surface area contributed by atoms with Gasteiger partial charge in [0, 0.05) is 38.4 Å². The molecule has 0 fully saturated rings. The lowest BCUT2D eigenvalue weighted by Crippen LogP contribution is -2.14. The van der Waals surface area contributed by atoms with E-state index in [0.717, 1.165) is 78.0 Å². The molecule has 0 radical (unpaired) electrons. The van der Waals surface area contributed by atoms with Crippen molar-refractivity contribution < 1.29 is 0 Å². The van der Waals surface area contributed by atoms with E-state index < -0.39 is 0 Å². The highest BCUT2D eigenvalue weighted by atomic mass is 14.9. The van der Waals surface area contributed by atoms with Gasteiger partial charge in [0.25, 0.3) is 0 Å². The molecule has 250 valence electrons. The van der Waals surface area contributed by atoms with Crippen LogP contribution in [0.4, 0.5) is 0 Å². The van der Waals surface area contributed by atoms with Crippen LogP contribution in [0.3, 0.4) is 0 Å². The van der Waals surface area contributed by atoms with Crippen LogP contribution in [0.2, 0.25) is 0 Å². The summed E-state index contributed by atoms with van der Waals surface area (Å²) in [5.74, 6) is 0.722. The third kappa shape index (κ3) is 5.24. The van der Waals surface area contributed by atoms with Crippen LogP contribution in [0.5, 0.6) is 0 Å². The highest BCUT2D eigenvalue weighted by molar-refractivity contribution is 6.10. The van der Waals surface area contributed by atoms with Gasteiger partial charge in [-0.1, -0.05) is 153 Å². The van der Waals surface area contributed by atoms with Gasteiger partial charge in [0.15, 0.2) is 5.82 Å². The first kappa shape index (κ1) is 31.1. The van der Waals surface area contributed by atoms with Crippen molar-refractivity contribution in [1.29, 1.82) is 0 Å². The molecule has 0 unspecified atom stereocenters. The molecule has 53 heavy (non-hydrogen) atoms. The number of benzene rings is 7. The standard InChI is InChI=1S/C50H35N3/c1-50(2)43-20-10-9-19-39(43)40-27-26-38(31-44(40)50)46-22-12-21-45(51-46)37-18-11-17-35(29-37)36-24-23-32-25-28-41-47(33-13-5-3-6-14-33)52-49(34-15-7-4-8-16-34)53-48(41)42(32)30-36/h3-31H,1-2H3. The Labute approximate surface area is 309 Å². The minimum absolute atomic E-state index is 0.0582. The highest BCUT2D eigenvalue weighted by Crippen LogP contribution is 2.49. The Hall–Kier alpha value is -6.71. The molecule has 0 amide bonds. The SMILES string of the molecule is CC1(C)c2ccccc2-c2ccc(-c3cccc(-c4cccc(-c5ccc6ccc7c(-c8ccccc8)nc(-c8ccccc8)nc7c6c5)c4)n3)cc21. The summed E-state index contributed by atoms with van der Waals surface area (Å²) in [6, 6.07) is 62.4. The second-order valence-corrected chi connectivity index (χ2v) is 14.4. The summed E-state index contributed by atoms with van der Waals surface area (Å²) < 4.78 is 0. The number of hydrogen-bond donors (Lipinski definition) is 0. The molecule has 0 N–H and O–H groups in total. The zero-order valence-corrected chi connectivity index (χ0v) is 29.6. The van der Waals surface area contributed by atoms with Crippen LogP contribution in [-0.4, -0.2) is 15.0 Å². The number of rotatable bonds is 5. The summed E-state index contributed by atoms with van der Waals surface area (Å²) in [5, 5.41) is 3.28. The normalized spacial score (nSPS) is 12.9. The lowest BCUT2D eigenvalue weighted by atomic mass is 9.82. The molecule has 1 aliphatic rings. The van der Waals surface area contributed by atoms with E-state index in [4.69, 9.17) is 15.0 Å². The number of fused-ring (bicyclic) bond motifs is 6. The van der Waals surface area contributed by atoms with E-state index in [1.807, 2.05) is 24.3 Å². The second-order valence-electron chi connectivity index (χ2n) is 14.4. The minimum atomic E-state index is -0.0582. The Morgan fingerprint density at radius 3 is 1.79 bits per heavy atom. The summed E-state index contributed by atoms with van der Waals surface area (Å²) in [6.07, 6.45) is 0. The molecule has 7 aromatic carbocycles. The molecule has 0 aliphatic heterocycles. The molecule has 1 aliphatic carbocycles. The summed E-state index contributed by atoms with van der Waals surface area (Å²) in [7, 11) is 0. The first-order chi connectivity index (χ1) is 26.0. The molecule has 0 spiro atoms. The number of aromatic nitrogens is 3. The molecular formula is C50H35N3. The molecule has 0 atom stereocenters. The summed E-state index contributed by atoms with van der Waals surface area (Å²) in [5.41, 5.74) is 15.7. The van der Waals surface area contributed by atoms with Gasteiger partial charge in [0.2, 0.25) is 0 Å². The van der Waals surface area contributed by atoms with Crippen LogP contribution in [0.25, 0.3) is 89.1 Å². The predicted octanol–water partition coefficient (Wildman–Crippen LogP) is 12.8. The Kier molecular flexibility index (Phi) is 7.16. The molecule has 3 nitrogen and oxygen atoms in total. The molecular weight excluding hydrogens is 643 g/mol. The Morgan fingerprint density at radius 1 is 0.377 bits per heavy atom. The van der Waals surface area contributed by atoms with Gasteiger partial charge in [0.05, 0.1) is 22.6 Å². The van der Waals surface area contributed by atoms with E-state index in [9.17, 15) is 0 Å². The van der Waals surface area contributed by atoms with E-state index >= 15 is 0 Å². The van der Waals surface area contributed by atoms with Crippen LogP contribution in [0, 0.1) is 0 Å². The molecule has 0 saturated heterocycles. The van der Waals surface area contributed by atoms with Crippen molar-refractivity contribution in [2.24, 2.45) is 0 Å². The second kappa shape index (κ2) is 12.2. The molecule has 9 aromatic rings. The molecule has 2 aromatic heterocycles. The molecule has 10 rings (SSSR count). The van der Waals surface area contributed by atoms with Crippen molar-refractivity contribution in [2.75, 3.05) is 0 Å². The summed E-state index contributed by atoms with van der Waals surface area (Å²) in [6.45, 7) is 4.65. The molecule has 0 saturated carbocycles. The first-order valence-electron chi connectivity index (χ1n) is 18.2. The van der Waals surface area contributed by atoms with Gasteiger partial charge in [-0.15, -0.1) is 0 Å². The zero-order chi connectivity index (χ0) is 35.5. The third-order valence-electron chi connectivity index (χ3n) is 10.9. The maximum absolute atomic E-state index is 5.22. The Bertz CT molecular complexity index is 2860. The van der Waals surface area contributed by atoms with Crippen molar-refractivity contribution in [3.63, 3.8) is 0 Å². The van der Waals surface area contributed by atoms with E-state index in [1.54, 1.807) is 0 Å². The van der Waals surface area contributed by atoms with Crippen molar-refractivity contribution in [3.05, 3.63) is 187 Å². The van der Waals surface area contributed by atoms with Crippen LogP contribution in [-0.2, 0) is 5.41 Å². The number of hydrogen-bond acceptors (Lipinski definition) is 3. The fraction of sp³-hybridized carbons (Fsp3) is 0.0600. The van der Waals surface area contributed by atoms with Gasteiger partial charge < -0.3 is 0 Å². The van der Waals surface area contributed by atoms with Crippen molar-refractivity contribution in [1.82, 2.24) is 15.0 Å². The summed E-state index contributed by atoms with van der Waals surface area (Å²) in [4.78, 5) is 15.6. The van der Waals surface area contributed by atoms with Gasteiger partial charge >= 0.3 is 0 Å². The maximum Gasteiger partial charge on any atom is 0.160 e. The molecule has 3 heteroatoms. The van der Waals surface area contributed by atoms with Crippen molar-refractivity contribution in [2.45, 2.75) is 19.3 Å². The van der Waals surface area contributed by atoms with Crippen LogP contribution < -0.4 is 0 Å². The minimum Gasteiger partial charge on any atom is -0.248 e. The van der Waals surface area contributed by atoms with Crippen molar-refractivity contribution >= 4 is 21.7 Å².